The molecular weight excluding hydrogens is 1310 g/mol. The van der Waals surface area contributed by atoms with Gasteiger partial charge >= 0.3 is 7.60 Å². The molecule has 0 bridgehead atoms. The van der Waals surface area contributed by atoms with Crippen LogP contribution in [0.1, 0.15) is 86.5 Å². The summed E-state index contributed by atoms with van der Waals surface area (Å²) < 4.78 is 22.8. The minimum Gasteiger partial charge on any atom is -0.378 e. The fourth-order valence-electron chi connectivity index (χ4n) is 11.2. The van der Waals surface area contributed by atoms with Crippen LogP contribution in [0.25, 0.3) is 29.1 Å². The van der Waals surface area contributed by atoms with Crippen LogP contribution >= 0.6 is 7.60 Å². The Balaban J connectivity index is 0.000000243. The number of benzene rings is 11. The van der Waals surface area contributed by atoms with Gasteiger partial charge in [-0.1, -0.05) is 111 Å². The Kier molecular flexibility index (Phi) is 27.8. The normalized spacial score (nSPS) is 10.6. The molecule has 0 fully saturated rings. The largest absolute Gasteiger partial charge is 0.378 e. The second kappa shape index (κ2) is 37.5. The molecule has 0 N–H and O–H groups in total. The van der Waals surface area contributed by atoms with Gasteiger partial charge < -0.3 is 38.4 Å². The molecule has 11 rings (SSSR count). The van der Waals surface area contributed by atoms with E-state index in [0.29, 0.717) is 39.8 Å². The van der Waals surface area contributed by atoms with Crippen LogP contribution in [0.5, 0.6) is 0 Å². The van der Waals surface area contributed by atoms with E-state index in [9.17, 15) is 19.4 Å². The molecular formula is C88H83N10O5P. The summed E-state index contributed by atoms with van der Waals surface area (Å²) in [5.41, 5.74) is 18.7. The number of nitrogens with zero attached hydrogens (tertiary/aromatic N) is 10. The van der Waals surface area contributed by atoms with Crippen LogP contribution < -0.4 is 29.4 Å². The predicted octanol–water partition coefficient (Wildman–Crippen LogP) is 22.2. The van der Waals surface area contributed by atoms with Crippen molar-refractivity contribution < 1.29 is 23.2 Å². The third-order valence-corrected chi connectivity index (χ3v) is 18.5. The Morgan fingerprint density at radius 3 is 0.981 bits per heavy atom. The molecule has 0 aliphatic rings. The number of rotatable bonds is 24. The average molecular weight is 1390 g/mol. The molecule has 0 heterocycles. The lowest BCUT2D eigenvalue weighted by Crippen LogP contribution is -2.11. The molecule has 0 amide bonds. The maximum atomic E-state index is 12.5. The van der Waals surface area contributed by atoms with E-state index in [1.807, 2.05) is 158 Å². The highest BCUT2D eigenvalue weighted by Gasteiger charge is 2.27. The van der Waals surface area contributed by atoms with Gasteiger partial charge in [-0.3, -0.25) is 14.2 Å². The van der Waals surface area contributed by atoms with Crippen LogP contribution in [0.15, 0.2) is 261 Å². The second-order valence-electron chi connectivity index (χ2n) is 24.1. The summed E-state index contributed by atoms with van der Waals surface area (Å²) in [4.78, 5) is 38.5. The zero-order valence-corrected chi connectivity index (χ0v) is 59.8. The Bertz CT molecular complexity index is 4730. The maximum Gasteiger partial charge on any atom is 0.335 e. The van der Waals surface area contributed by atoms with Gasteiger partial charge in [-0.05, 0) is 224 Å². The molecule has 0 aliphatic heterocycles. The molecule has 0 radical (unpaired) electrons. The molecule has 0 unspecified atom stereocenters. The SMILES string of the molecule is C.CCOP(=O)(Cc1cc(C#N)c(C=O)cc1C#N)OCC.CN(C)c1ccc(N(c2ccccc2)c2ccc(C=O)cc2)cc1.[C-]#[N+]c1cc(/C=C/c2ccc(N(c3ccccc3)c3ccc(N(C)C)cc3)cc2)c(C#N)cc1/C=C/c1ccc(N(c2ccccc2)c2ccc(N(C)C)cc2)cc1. The zero-order chi connectivity index (χ0) is 73.3. The quantitative estimate of drug-likeness (QED) is 0.0243. The van der Waals surface area contributed by atoms with Gasteiger partial charge in [0.1, 0.15) is 6.29 Å². The molecule has 0 aromatic heterocycles. The molecule has 0 saturated heterocycles. The molecule has 11 aromatic rings. The van der Waals surface area contributed by atoms with Crippen molar-refractivity contribution in [1.82, 2.24) is 0 Å². The number of hydrogen-bond acceptors (Lipinski definition) is 14. The first-order valence-electron chi connectivity index (χ1n) is 33.3. The molecule has 11 aromatic carbocycles. The van der Waals surface area contributed by atoms with E-state index in [1.165, 1.54) is 12.1 Å². The second-order valence-corrected chi connectivity index (χ2v) is 26.1. The van der Waals surface area contributed by atoms with Crippen molar-refractivity contribution in [1.29, 1.82) is 15.8 Å². The number of para-hydroxylation sites is 3. The first-order chi connectivity index (χ1) is 50.0. The van der Waals surface area contributed by atoms with Crippen LogP contribution in [-0.2, 0) is 19.8 Å². The van der Waals surface area contributed by atoms with E-state index < -0.39 is 7.60 Å². The smallest absolute Gasteiger partial charge is 0.335 e. The number of nitriles is 3. The molecule has 16 heteroatoms. The lowest BCUT2D eigenvalue weighted by molar-refractivity contribution is 0.111. The first kappa shape index (κ1) is 76.9. The zero-order valence-electron chi connectivity index (χ0n) is 58.9. The van der Waals surface area contributed by atoms with Gasteiger partial charge in [-0.15, -0.1) is 0 Å². The average Bonchev–Trinajstić information content (AvgIpc) is 0.813. The third kappa shape index (κ3) is 20.0. The maximum absolute atomic E-state index is 12.5. The van der Waals surface area contributed by atoms with Crippen molar-refractivity contribution in [3.8, 4) is 18.2 Å². The van der Waals surface area contributed by atoms with E-state index in [1.54, 1.807) is 26.0 Å². The first-order valence-corrected chi connectivity index (χ1v) is 35.0. The van der Waals surface area contributed by atoms with Gasteiger partial charge in [0.2, 0.25) is 0 Å². The Labute approximate surface area is 612 Å². The van der Waals surface area contributed by atoms with Crippen LogP contribution in [0.3, 0.4) is 0 Å². The van der Waals surface area contributed by atoms with E-state index in [2.05, 4.69) is 198 Å². The molecule has 0 saturated carbocycles. The molecule has 104 heavy (non-hydrogen) atoms. The Hall–Kier alpha value is -12.9. The number of aldehydes is 2. The topological polar surface area (TPSA) is 165 Å². The van der Waals surface area contributed by atoms with Crippen LogP contribution in [0, 0.1) is 40.6 Å². The highest BCUT2D eigenvalue weighted by Crippen LogP contribution is 2.52. The van der Waals surface area contributed by atoms with Gasteiger partial charge in [-0.25, -0.2) is 4.85 Å². The summed E-state index contributed by atoms with van der Waals surface area (Å²) in [7, 11) is 8.83. The van der Waals surface area contributed by atoms with Crippen molar-refractivity contribution in [2.24, 2.45) is 0 Å². The highest BCUT2D eigenvalue weighted by molar-refractivity contribution is 7.53. The van der Waals surface area contributed by atoms with Crippen molar-refractivity contribution in [2.75, 3.05) is 84.9 Å². The number of carbonyl (C=O) groups is 2. The van der Waals surface area contributed by atoms with Crippen LogP contribution in [-0.4, -0.2) is 68.1 Å². The fourth-order valence-corrected chi connectivity index (χ4v) is 12.9. The molecule has 0 spiro atoms. The van der Waals surface area contributed by atoms with Crippen molar-refractivity contribution in [3.63, 3.8) is 0 Å². The van der Waals surface area contributed by atoms with Crippen LogP contribution in [0.4, 0.5) is 73.9 Å². The highest BCUT2D eigenvalue weighted by atomic mass is 31.2. The fraction of sp³-hybridized carbons (Fsp3) is 0.136. The summed E-state index contributed by atoms with van der Waals surface area (Å²) in [5.74, 6) is 0. The van der Waals surface area contributed by atoms with Crippen molar-refractivity contribution in [2.45, 2.75) is 27.4 Å². The predicted molar refractivity (Wildman–Crippen MR) is 430 cm³/mol. The van der Waals surface area contributed by atoms with Crippen molar-refractivity contribution >= 4 is 118 Å². The lowest BCUT2D eigenvalue weighted by atomic mass is 10.0. The summed E-state index contributed by atoms with van der Waals surface area (Å²) in [6.07, 6.45) is 9.05. The van der Waals surface area contributed by atoms with E-state index in [4.69, 9.17) is 26.1 Å². The lowest BCUT2D eigenvalue weighted by Gasteiger charge is -2.26. The number of anilines is 12. The third-order valence-electron chi connectivity index (χ3n) is 16.5. The van der Waals surface area contributed by atoms with Gasteiger partial charge in [0.25, 0.3) is 0 Å². The van der Waals surface area contributed by atoms with Gasteiger partial charge in [0, 0.05) is 122 Å². The molecule has 520 valence electrons. The number of hydrogen-bond donors (Lipinski definition) is 0. The monoisotopic (exact) mass is 1390 g/mol. The number of carbonyl (C=O) groups excluding carboxylic acids is 2. The van der Waals surface area contributed by atoms with Gasteiger partial charge in [0.15, 0.2) is 12.0 Å². The Morgan fingerprint density at radius 2 is 0.673 bits per heavy atom. The van der Waals surface area contributed by atoms with E-state index >= 15 is 0 Å². The minimum absolute atomic E-state index is 0. The summed E-state index contributed by atoms with van der Waals surface area (Å²) in [6, 6.07) is 93.1. The van der Waals surface area contributed by atoms with E-state index in [0.717, 1.165) is 85.7 Å². The summed E-state index contributed by atoms with van der Waals surface area (Å²) in [5, 5.41) is 28.3. The van der Waals surface area contributed by atoms with Crippen LogP contribution in [0.2, 0.25) is 0 Å². The molecule has 0 atom stereocenters. The van der Waals surface area contributed by atoms with Crippen molar-refractivity contribution in [3.05, 3.63) is 328 Å². The van der Waals surface area contributed by atoms with Gasteiger partial charge in [-0.2, -0.15) is 15.8 Å². The molecule has 0 aliphatic carbocycles. The Morgan fingerprint density at radius 1 is 0.375 bits per heavy atom. The minimum atomic E-state index is -3.38. The van der Waals surface area contributed by atoms with Gasteiger partial charge in [0.05, 0.1) is 60.8 Å². The molecule has 15 nitrogen and oxygen atoms in total. The summed E-state index contributed by atoms with van der Waals surface area (Å²) >= 11 is 0. The standard InChI is InChI=1S/C52H44N6.C21H20N2O.C14H15N2O4P.CH4/c1-54-52-37-41(22-16-39-18-24-48(25-19-39)57(46-12-8-6-9-13-46)50-32-28-44(29-33-50)55(2)3)43(38-53)36-42(52)23-17-40-20-26-49(27-21-40)58(47-14-10-7-11-15-47)51-34-30-45(31-35-51)56(4)5;1-22(2)18-12-14-21(15-13-18)23(19-6-4-3-5-7-19)20-10-8-17(16-24)9-11-20;1-3-19-21(18,20-4-2)10-14-6-11(7-15)13(9-17)5-12(14)8-16;/h6-37H,2-5H3;3-16H,1-2H3;5-6,9H,3-4,10H2,1-2H3;1H4/b22-16+,23-17+;;;. The summed E-state index contributed by atoms with van der Waals surface area (Å²) in [6.45, 7) is 11.8. The van der Waals surface area contributed by atoms with E-state index in [-0.39, 0.29) is 43.5 Å².